The van der Waals surface area contributed by atoms with Crippen LogP contribution in [0, 0.1) is 0 Å². The predicted molar refractivity (Wildman–Crippen MR) is 116 cm³/mol. The Balaban J connectivity index is 1.30. The van der Waals surface area contributed by atoms with E-state index in [9.17, 15) is 24.7 Å². The Morgan fingerprint density at radius 3 is 2.91 bits per heavy atom. The van der Waals surface area contributed by atoms with Gasteiger partial charge in [-0.1, -0.05) is 5.16 Å². The number of oxime groups is 1. The lowest BCUT2D eigenvalue weighted by Crippen LogP contribution is -2.71. The number of nitrogens with two attached hydrogens (primary N) is 1. The number of carboxylic acids is 1. The molecule has 2 aromatic heterocycles. The Kier molecular flexibility index (Phi) is 5.45. The van der Waals surface area contributed by atoms with Gasteiger partial charge < -0.3 is 21.4 Å². The summed E-state index contributed by atoms with van der Waals surface area (Å²) >= 11 is 3.62. The van der Waals surface area contributed by atoms with Crippen LogP contribution in [0.1, 0.15) is 5.82 Å². The number of nitrogen functional groups attached to an aromatic ring is 1. The van der Waals surface area contributed by atoms with Crippen molar-refractivity contribution in [2.75, 3.05) is 11.5 Å². The van der Waals surface area contributed by atoms with Gasteiger partial charge in [-0.3, -0.25) is 14.5 Å². The lowest BCUT2D eigenvalue weighted by molar-refractivity contribution is -0.758. The molecule has 0 spiro atoms. The number of hydrogen-bond acceptors (Lipinski definition) is 12. The van der Waals surface area contributed by atoms with Crippen molar-refractivity contribution in [2.45, 2.75) is 29.8 Å². The molecule has 0 aromatic carbocycles. The Morgan fingerprint density at radius 2 is 2.24 bits per heavy atom. The molecular formula is C16H16N9O5S3+. The molecule has 0 saturated carbocycles. The summed E-state index contributed by atoms with van der Waals surface area (Å²) < 4.78 is 7.72. The van der Waals surface area contributed by atoms with Crippen LogP contribution in [-0.2, 0) is 27.5 Å². The number of carbonyl (C=O) groups is 3. The molecule has 2 atom stereocenters. The van der Waals surface area contributed by atoms with Gasteiger partial charge in [0.05, 0.1) is 11.8 Å². The maximum atomic E-state index is 12.8. The van der Waals surface area contributed by atoms with E-state index in [4.69, 9.17) is 5.73 Å². The van der Waals surface area contributed by atoms with E-state index in [0.29, 0.717) is 23.7 Å². The molecule has 0 bridgehead atoms. The minimum atomic E-state index is -1.20. The lowest BCUT2D eigenvalue weighted by Gasteiger charge is -2.49. The van der Waals surface area contributed by atoms with Crippen molar-refractivity contribution in [1.82, 2.24) is 29.2 Å². The first-order valence-electron chi connectivity index (χ1n) is 9.47. The molecule has 5 rings (SSSR count). The summed E-state index contributed by atoms with van der Waals surface area (Å²) in [5, 5.41) is 24.1. The van der Waals surface area contributed by atoms with Crippen LogP contribution in [0.3, 0.4) is 0 Å². The average Bonchev–Trinajstić information content (AvgIpc) is 3.49. The predicted octanol–water partition coefficient (Wildman–Crippen LogP) is -1.71. The summed E-state index contributed by atoms with van der Waals surface area (Å²) in [7, 11) is 0. The molecule has 17 heteroatoms. The molecule has 0 aliphatic carbocycles. The number of rotatable bonds is 6. The number of β-lactam (4-membered cyclic amide) rings is 1. The number of aromatic nitrogens is 5. The zero-order chi connectivity index (χ0) is 23.3. The highest BCUT2D eigenvalue weighted by molar-refractivity contribution is 8.06. The molecule has 2 amide bonds. The number of amides is 2. The van der Waals surface area contributed by atoms with Gasteiger partial charge in [-0.05, 0) is 4.98 Å². The van der Waals surface area contributed by atoms with E-state index in [1.165, 1.54) is 28.4 Å². The molecule has 2 aromatic rings. The molecule has 1 fully saturated rings. The molecule has 172 valence electrons. The van der Waals surface area contributed by atoms with Gasteiger partial charge in [-0.25, -0.2) is 4.79 Å². The first-order chi connectivity index (χ1) is 15.9. The van der Waals surface area contributed by atoms with E-state index in [-0.39, 0.29) is 21.9 Å². The van der Waals surface area contributed by atoms with E-state index in [1.807, 2.05) is 9.36 Å². The number of hydrogen-bond donors (Lipinski definition) is 4. The highest BCUT2D eigenvalue weighted by Crippen LogP contribution is 2.44. The summed E-state index contributed by atoms with van der Waals surface area (Å²) in [6.07, 6.45) is 3.43. The van der Waals surface area contributed by atoms with E-state index >= 15 is 0 Å². The van der Waals surface area contributed by atoms with Gasteiger partial charge in [-0.15, -0.1) is 23.5 Å². The van der Waals surface area contributed by atoms with Crippen LogP contribution in [0.15, 0.2) is 28.4 Å². The van der Waals surface area contributed by atoms with Crippen molar-refractivity contribution >= 4 is 63.7 Å². The molecule has 3 aliphatic heterocycles. The highest BCUT2D eigenvalue weighted by atomic mass is 32.2. The molecule has 5 N–H and O–H groups in total. The molecule has 14 nitrogen and oxygen atoms in total. The van der Waals surface area contributed by atoms with Crippen molar-refractivity contribution in [3.05, 3.63) is 29.1 Å². The lowest BCUT2D eigenvalue weighted by atomic mass is 10.0. The SMILES string of the molecule is Nc1nc(/C(=N/O)C(=O)NC2C(=O)N3C(C(=O)O)=C(SC4Cn5cnc[n+]5C4)CSC23)ns1. The monoisotopic (exact) mass is 510 g/mol. The smallest absolute Gasteiger partial charge is 0.353 e. The van der Waals surface area contributed by atoms with Crippen molar-refractivity contribution in [2.24, 2.45) is 5.16 Å². The number of carbonyl (C=O) groups excluding carboxylic acids is 2. The average molecular weight is 511 g/mol. The van der Waals surface area contributed by atoms with Gasteiger partial charge in [0.2, 0.25) is 17.9 Å². The van der Waals surface area contributed by atoms with Crippen LogP contribution in [-0.4, -0.2) is 80.2 Å². The first-order valence-corrected chi connectivity index (χ1v) is 12.2. The fraction of sp³-hybridized carbons (Fsp3) is 0.375. The van der Waals surface area contributed by atoms with Crippen LogP contribution < -0.4 is 15.7 Å². The second-order valence-electron chi connectivity index (χ2n) is 7.21. The summed E-state index contributed by atoms with van der Waals surface area (Å²) in [6.45, 7) is 1.36. The fourth-order valence-corrected chi connectivity index (χ4v) is 7.04. The Morgan fingerprint density at radius 1 is 1.42 bits per heavy atom. The molecule has 0 radical (unpaired) electrons. The highest BCUT2D eigenvalue weighted by Gasteiger charge is 2.55. The Bertz CT molecular complexity index is 1200. The van der Waals surface area contributed by atoms with E-state index in [1.54, 1.807) is 12.7 Å². The van der Waals surface area contributed by atoms with Gasteiger partial charge in [0.15, 0.2) is 5.13 Å². The van der Waals surface area contributed by atoms with Crippen molar-refractivity contribution in [3.8, 4) is 0 Å². The maximum absolute atomic E-state index is 12.8. The summed E-state index contributed by atoms with van der Waals surface area (Å²) in [5.41, 5.74) is 4.94. The quantitative estimate of drug-likeness (QED) is 0.114. The van der Waals surface area contributed by atoms with Crippen LogP contribution in [0.5, 0.6) is 0 Å². The number of carboxylic acid groups (broad SMARTS) is 1. The van der Waals surface area contributed by atoms with E-state index < -0.39 is 34.9 Å². The molecule has 3 aliphatic rings. The number of anilines is 1. The van der Waals surface area contributed by atoms with Gasteiger partial charge in [0.1, 0.15) is 23.7 Å². The van der Waals surface area contributed by atoms with E-state index in [2.05, 4.69) is 24.8 Å². The Hall–Kier alpha value is -3.18. The number of nitrogens with zero attached hydrogens (tertiary/aromatic N) is 7. The first kappa shape index (κ1) is 21.7. The Labute approximate surface area is 197 Å². The van der Waals surface area contributed by atoms with Gasteiger partial charge >= 0.3 is 12.3 Å². The molecule has 5 heterocycles. The van der Waals surface area contributed by atoms with Crippen LogP contribution in [0.25, 0.3) is 0 Å². The third kappa shape index (κ3) is 3.70. The summed E-state index contributed by atoms with van der Waals surface area (Å²) in [6, 6.07) is -0.981. The maximum Gasteiger partial charge on any atom is 0.353 e. The standard InChI is InChI=1S/C16H15N9O5S3/c17-16-20-11(22-33-16)8(21-30)12(26)19-9-13(27)25-10(15(28)29)7(3-31-14(9)25)32-6-1-23-4-18-5-24(23)2-6/h4-6,9,14H,1-3H2,(H4-,17,19,20,22,26,28,29,30)/p+1. The summed E-state index contributed by atoms with van der Waals surface area (Å²) in [5.74, 6) is -2.42. The third-order valence-electron chi connectivity index (χ3n) is 5.21. The second-order valence-corrected chi connectivity index (χ2v) is 10.5. The normalized spacial score (nSPS) is 24.4. The topological polar surface area (TPSA) is 193 Å². The fourth-order valence-electron chi connectivity index (χ4n) is 3.79. The number of nitrogens with one attached hydrogen (secondary N) is 1. The zero-order valence-corrected chi connectivity index (χ0v) is 19.0. The van der Waals surface area contributed by atoms with Gasteiger partial charge in [-0.2, -0.15) is 18.7 Å². The number of fused-ring (bicyclic) bond motifs is 2. The zero-order valence-electron chi connectivity index (χ0n) is 16.6. The minimum absolute atomic E-state index is 0.0658. The molecule has 2 unspecified atom stereocenters. The number of aliphatic carboxylic acids is 1. The third-order valence-corrected chi connectivity index (χ3v) is 8.47. The molecule has 33 heavy (non-hydrogen) atoms. The molecular weight excluding hydrogens is 494 g/mol. The van der Waals surface area contributed by atoms with Crippen molar-refractivity contribution in [1.29, 1.82) is 0 Å². The molecule has 1 saturated heterocycles. The van der Waals surface area contributed by atoms with Crippen molar-refractivity contribution < 1.29 is 29.4 Å². The number of thioether (sulfide) groups is 2. The van der Waals surface area contributed by atoms with Gasteiger partial charge in [0.25, 0.3) is 11.8 Å². The van der Waals surface area contributed by atoms with Crippen LogP contribution in [0.2, 0.25) is 0 Å². The van der Waals surface area contributed by atoms with Crippen LogP contribution in [0.4, 0.5) is 5.13 Å². The summed E-state index contributed by atoms with van der Waals surface area (Å²) in [4.78, 5) is 47.1. The van der Waals surface area contributed by atoms with E-state index in [0.717, 1.165) is 11.5 Å². The van der Waals surface area contributed by atoms with Crippen molar-refractivity contribution in [3.63, 3.8) is 0 Å². The second kappa shape index (κ2) is 8.31. The van der Waals surface area contributed by atoms with Gasteiger partial charge in [0, 0.05) is 22.2 Å². The largest absolute Gasteiger partial charge is 0.477 e. The minimum Gasteiger partial charge on any atom is -0.477 e. The van der Waals surface area contributed by atoms with Crippen LogP contribution >= 0.6 is 35.1 Å².